The first-order valence-corrected chi connectivity index (χ1v) is 8.71. The van der Waals surface area contributed by atoms with Crippen LogP contribution in [-0.4, -0.2) is 26.2 Å². The molecule has 2 rings (SSSR count). The molecule has 0 bridgehead atoms. The van der Waals surface area contributed by atoms with Crippen LogP contribution in [0.2, 0.25) is 0 Å². The number of amides is 1. The molecule has 4 heteroatoms. The Hall–Kier alpha value is -2.49. The Morgan fingerprint density at radius 2 is 1.72 bits per heavy atom. The minimum atomic E-state index is -0.124. The summed E-state index contributed by atoms with van der Waals surface area (Å²) in [7, 11) is 1.58. The van der Waals surface area contributed by atoms with Gasteiger partial charge in [-0.2, -0.15) is 0 Å². The molecule has 0 atom stereocenters. The number of hydrogen-bond donors (Lipinski definition) is 1. The van der Waals surface area contributed by atoms with E-state index in [2.05, 4.69) is 43.4 Å². The van der Waals surface area contributed by atoms with E-state index in [0.717, 1.165) is 12.8 Å². The van der Waals surface area contributed by atoms with Gasteiger partial charge in [-0.3, -0.25) is 4.79 Å². The van der Waals surface area contributed by atoms with Crippen molar-refractivity contribution in [1.82, 2.24) is 5.32 Å². The van der Waals surface area contributed by atoms with Crippen molar-refractivity contribution >= 4 is 5.91 Å². The van der Waals surface area contributed by atoms with Crippen LogP contribution in [-0.2, 0) is 11.2 Å². The molecular weight excluding hydrogens is 314 g/mol. The molecule has 0 saturated carbocycles. The predicted molar refractivity (Wildman–Crippen MR) is 100 cm³/mol. The maximum absolute atomic E-state index is 11.9. The minimum Gasteiger partial charge on any atom is -0.493 e. The second-order valence-electron chi connectivity index (χ2n) is 6.29. The average molecular weight is 341 g/mol. The van der Waals surface area contributed by atoms with E-state index in [1.807, 2.05) is 12.1 Å². The molecule has 0 aromatic heterocycles. The van der Waals surface area contributed by atoms with Gasteiger partial charge in [-0.15, -0.1) is 0 Å². The maximum atomic E-state index is 11.9. The predicted octanol–water partition coefficient (Wildman–Crippen LogP) is 3.95. The van der Waals surface area contributed by atoms with Crippen LogP contribution in [0.3, 0.4) is 0 Å². The summed E-state index contributed by atoms with van der Waals surface area (Å²) in [6.07, 6.45) is 1.85. The first-order valence-electron chi connectivity index (χ1n) is 8.71. The van der Waals surface area contributed by atoms with Gasteiger partial charge in [0.15, 0.2) is 18.1 Å². The second kappa shape index (κ2) is 9.72. The fourth-order valence-electron chi connectivity index (χ4n) is 2.52. The van der Waals surface area contributed by atoms with Gasteiger partial charge in [0.1, 0.15) is 0 Å². The van der Waals surface area contributed by atoms with Crippen LogP contribution in [0.1, 0.15) is 37.3 Å². The Labute approximate surface area is 150 Å². The lowest BCUT2D eigenvalue weighted by Crippen LogP contribution is -2.30. The van der Waals surface area contributed by atoms with Crippen LogP contribution in [0.15, 0.2) is 48.5 Å². The molecule has 134 valence electrons. The van der Waals surface area contributed by atoms with Crippen LogP contribution in [0.4, 0.5) is 0 Å². The fraction of sp³-hybridized carbons (Fsp3) is 0.381. The molecule has 2 aromatic rings. The SMILES string of the molecule is COc1ccccc1OCC(=O)NCCCc1ccc(C(C)C)cc1. The van der Waals surface area contributed by atoms with Gasteiger partial charge in [0.25, 0.3) is 5.91 Å². The second-order valence-corrected chi connectivity index (χ2v) is 6.29. The quantitative estimate of drug-likeness (QED) is 0.703. The first kappa shape index (κ1) is 18.8. The third-order valence-corrected chi connectivity index (χ3v) is 4.04. The Morgan fingerprint density at radius 3 is 2.36 bits per heavy atom. The molecule has 0 aliphatic rings. The molecule has 0 heterocycles. The number of ether oxygens (including phenoxy) is 2. The van der Waals surface area contributed by atoms with E-state index in [-0.39, 0.29) is 12.5 Å². The molecule has 4 nitrogen and oxygen atoms in total. The Morgan fingerprint density at radius 1 is 1.04 bits per heavy atom. The first-order chi connectivity index (χ1) is 12.1. The van der Waals surface area contributed by atoms with Crippen molar-refractivity contribution in [2.24, 2.45) is 0 Å². The zero-order valence-electron chi connectivity index (χ0n) is 15.2. The number of para-hydroxylation sites is 2. The maximum Gasteiger partial charge on any atom is 0.257 e. The summed E-state index contributed by atoms with van der Waals surface area (Å²) in [5.74, 6) is 1.63. The molecule has 0 fully saturated rings. The van der Waals surface area contributed by atoms with Gasteiger partial charge in [0.2, 0.25) is 0 Å². The molecule has 25 heavy (non-hydrogen) atoms. The van der Waals surface area contributed by atoms with Crippen LogP contribution >= 0.6 is 0 Å². The Bertz CT molecular complexity index is 665. The molecule has 0 spiro atoms. The largest absolute Gasteiger partial charge is 0.493 e. The molecule has 0 aliphatic heterocycles. The molecule has 1 amide bonds. The highest BCUT2D eigenvalue weighted by atomic mass is 16.5. The topological polar surface area (TPSA) is 47.6 Å². The van der Waals surface area contributed by atoms with E-state index in [4.69, 9.17) is 9.47 Å². The molecule has 0 aliphatic carbocycles. The van der Waals surface area contributed by atoms with Crippen molar-refractivity contribution in [2.45, 2.75) is 32.6 Å². The van der Waals surface area contributed by atoms with Crippen molar-refractivity contribution in [3.63, 3.8) is 0 Å². The number of rotatable bonds is 9. The lowest BCUT2D eigenvalue weighted by molar-refractivity contribution is -0.123. The molecule has 1 N–H and O–H groups in total. The highest BCUT2D eigenvalue weighted by Gasteiger charge is 2.06. The lowest BCUT2D eigenvalue weighted by atomic mass is 10.0. The summed E-state index contributed by atoms with van der Waals surface area (Å²) in [6.45, 7) is 5.01. The fourth-order valence-corrected chi connectivity index (χ4v) is 2.52. The third-order valence-electron chi connectivity index (χ3n) is 4.04. The zero-order chi connectivity index (χ0) is 18.1. The summed E-state index contributed by atoms with van der Waals surface area (Å²) in [4.78, 5) is 11.9. The minimum absolute atomic E-state index is 0.0105. The van der Waals surface area contributed by atoms with Gasteiger partial charge in [-0.25, -0.2) is 0 Å². The standard InChI is InChI=1S/C21H27NO3/c1-16(2)18-12-10-17(11-13-18)7-6-14-22-21(23)15-25-20-9-5-4-8-19(20)24-3/h4-5,8-13,16H,6-7,14-15H2,1-3H3,(H,22,23). The number of carbonyl (C=O) groups excluding carboxylic acids is 1. The average Bonchev–Trinajstić information content (AvgIpc) is 2.64. The van der Waals surface area contributed by atoms with Crippen molar-refractivity contribution in [2.75, 3.05) is 20.3 Å². The molecular formula is C21H27NO3. The molecule has 0 unspecified atom stereocenters. The third kappa shape index (κ3) is 6.14. The normalized spacial score (nSPS) is 10.6. The van der Waals surface area contributed by atoms with E-state index < -0.39 is 0 Å². The van der Waals surface area contributed by atoms with E-state index >= 15 is 0 Å². The Kier molecular flexibility index (Phi) is 7.33. The smallest absolute Gasteiger partial charge is 0.257 e. The number of carbonyl (C=O) groups is 1. The number of aryl methyl sites for hydroxylation is 1. The van der Waals surface area contributed by atoms with E-state index in [0.29, 0.717) is 24.0 Å². The van der Waals surface area contributed by atoms with Gasteiger partial charge in [0, 0.05) is 6.54 Å². The summed E-state index contributed by atoms with van der Waals surface area (Å²) < 4.78 is 10.7. The molecule has 2 aromatic carbocycles. The van der Waals surface area contributed by atoms with Gasteiger partial charge in [0.05, 0.1) is 7.11 Å². The molecule has 0 saturated heterocycles. The van der Waals surface area contributed by atoms with Crippen molar-refractivity contribution < 1.29 is 14.3 Å². The van der Waals surface area contributed by atoms with Crippen molar-refractivity contribution in [3.05, 3.63) is 59.7 Å². The van der Waals surface area contributed by atoms with Gasteiger partial charge >= 0.3 is 0 Å². The zero-order valence-corrected chi connectivity index (χ0v) is 15.2. The van der Waals surface area contributed by atoms with E-state index in [1.165, 1.54) is 11.1 Å². The summed E-state index contributed by atoms with van der Waals surface area (Å²) >= 11 is 0. The van der Waals surface area contributed by atoms with Crippen LogP contribution in [0.25, 0.3) is 0 Å². The summed E-state index contributed by atoms with van der Waals surface area (Å²) in [6, 6.07) is 16.0. The highest BCUT2D eigenvalue weighted by molar-refractivity contribution is 5.77. The molecule has 0 radical (unpaired) electrons. The van der Waals surface area contributed by atoms with E-state index in [1.54, 1.807) is 19.2 Å². The van der Waals surface area contributed by atoms with Crippen molar-refractivity contribution in [1.29, 1.82) is 0 Å². The lowest BCUT2D eigenvalue weighted by Gasteiger charge is -2.10. The summed E-state index contributed by atoms with van der Waals surface area (Å²) in [5, 5.41) is 2.89. The summed E-state index contributed by atoms with van der Waals surface area (Å²) in [5.41, 5.74) is 2.65. The number of benzene rings is 2. The van der Waals surface area contributed by atoms with Crippen LogP contribution in [0.5, 0.6) is 11.5 Å². The highest BCUT2D eigenvalue weighted by Crippen LogP contribution is 2.25. The Balaban J connectivity index is 1.67. The van der Waals surface area contributed by atoms with Crippen molar-refractivity contribution in [3.8, 4) is 11.5 Å². The van der Waals surface area contributed by atoms with Gasteiger partial charge < -0.3 is 14.8 Å². The van der Waals surface area contributed by atoms with Crippen LogP contribution in [0, 0.1) is 0 Å². The van der Waals surface area contributed by atoms with E-state index in [9.17, 15) is 4.79 Å². The van der Waals surface area contributed by atoms with Crippen LogP contribution < -0.4 is 14.8 Å². The monoisotopic (exact) mass is 341 g/mol. The van der Waals surface area contributed by atoms with Gasteiger partial charge in [-0.1, -0.05) is 50.2 Å². The number of hydrogen-bond acceptors (Lipinski definition) is 3. The van der Waals surface area contributed by atoms with Gasteiger partial charge in [-0.05, 0) is 42.0 Å². The number of methoxy groups -OCH3 is 1. The number of nitrogens with one attached hydrogen (secondary N) is 1.